The maximum Gasteiger partial charge on any atom is 0.435 e. The Morgan fingerprint density at radius 1 is 0.970 bits per heavy atom. The highest BCUT2D eigenvalue weighted by atomic mass is 35.5. The van der Waals surface area contributed by atoms with Crippen LogP contribution in [-0.4, -0.2) is 57.2 Å². The first-order valence-corrected chi connectivity index (χ1v) is 21.7. The molecule has 1 aliphatic carbocycles. The average Bonchev–Trinajstić information content (AvgIpc) is 3.82. The Morgan fingerprint density at radius 3 is 2.23 bits per heavy atom. The predicted molar refractivity (Wildman–Crippen MR) is 221 cm³/mol. The van der Waals surface area contributed by atoms with E-state index in [-0.39, 0.29) is 47.7 Å². The number of aromatic nitrogens is 5. The minimum atomic E-state index is -5.21. The van der Waals surface area contributed by atoms with Gasteiger partial charge in [-0.1, -0.05) is 48.0 Å². The third kappa shape index (κ3) is 9.24. The quantitative estimate of drug-likeness (QED) is 0.0955. The largest absolute Gasteiger partial charge is 0.435 e. The van der Waals surface area contributed by atoms with E-state index in [0.717, 1.165) is 24.3 Å². The van der Waals surface area contributed by atoms with Crippen LogP contribution in [0.5, 0.6) is 0 Å². The zero-order valence-electron chi connectivity index (χ0n) is 34.5. The molecule has 3 heterocycles. The van der Waals surface area contributed by atoms with Crippen molar-refractivity contribution >= 4 is 50.2 Å². The standard InChI is InChI=1S/C43H34ClF10N7O4S/c1-5-24-17-30-37(43(52,53)54)57-59(38(30)42(24,50)51)19-33(62)56-32(16-23-14-25(45)18-26(46)15-23)35-28(11-10-22(3)55-35)29-12-13-31(44)34-36(29)60(20-41(47,48)49)58-39(34)61(66(4,64)65)40(63)27-9-7-6-8-21(27)2/h5-15,18,24,32H,1,16-17,19-20H2,2-4H3,(H,56,62)/t24-,32+/m1/s1. The molecule has 3 aromatic carbocycles. The van der Waals surface area contributed by atoms with E-state index in [1.54, 1.807) is 6.07 Å². The summed E-state index contributed by atoms with van der Waals surface area (Å²) in [5, 5.41) is 9.01. The second kappa shape index (κ2) is 17.2. The number of nitrogens with zero attached hydrogens (tertiary/aromatic N) is 6. The van der Waals surface area contributed by atoms with E-state index in [2.05, 4.69) is 27.1 Å². The van der Waals surface area contributed by atoms with Crippen LogP contribution in [0.4, 0.5) is 49.7 Å². The van der Waals surface area contributed by atoms with Crippen LogP contribution in [0, 0.1) is 31.4 Å². The van der Waals surface area contributed by atoms with Gasteiger partial charge in [-0.15, -0.1) is 6.58 Å². The maximum atomic E-state index is 15.6. The number of anilines is 1. The van der Waals surface area contributed by atoms with Crippen LogP contribution >= 0.6 is 11.6 Å². The Kier molecular flexibility index (Phi) is 12.4. The molecule has 348 valence electrons. The predicted octanol–water partition coefficient (Wildman–Crippen LogP) is 9.58. The molecule has 7 rings (SSSR count). The molecule has 0 saturated heterocycles. The molecule has 23 heteroatoms. The molecule has 66 heavy (non-hydrogen) atoms. The molecule has 0 aliphatic heterocycles. The fourth-order valence-corrected chi connectivity index (χ4v) is 9.10. The molecule has 0 spiro atoms. The number of sulfonamides is 1. The number of hydrogen-bond donors (Lipinski definition) is 1. The molecule has 0 fully saturated rings. The van der Waals surface area contributed by atoms with Gasteiger partial charge in [-0.05, 0) is 68.1 Å². The van der Waals surface area contributed by atoms with Gasteiger partial charge in [-0.25, -0.2) is 17.2 Å². The monoisotopic (exact) mass is 969 g/mol. The summed E-state index contributed by atoms with van der Waals surface area (Å²) in [6.07, 6.45) is -10.2. The number of allylic oxidation sites excluding steroid dienone is 1. The first kappa shape index (κ1) is 47.7. The number of carbonyl (C=O) groups excluding carboxylic acids is 2. The van der Waals surface area contributed by atoms with E-state index < -0.39 is 123 Å². The number of carbonyl (C=O) groups is 2. The van der Waals surface area contributed by atoms with Crippen molar-refractivity contribution in [1.29, 1.82) is 0 Å². The molecule has 0 unspecified atom stereocenters. The second-order valence-electron chi connectivity index (χ2n) is 15.6. The molecule has 11 nitrogen and oxygen atoms in total. The van der Waals surface area contributed by atoms with Gasteiger partial charge < -0.3 is 5.32 Å². The van der Waals surface area contributed by atoms with Crippen LogP contribution in [0.3, 0.4) is 0 Å². The average molecular weight is 970 g/mol. The molecule has 6 aromatic rings. The highest BCUT2D eigenvalue weighted by Gasteiger charge is 2.55. The van der Waals surface area contributed by atoms with Gasteiger partial charge in [0.1, 0.15) is 30.4 Å². The lowest BCUT2D eigenvalue weighted by Gasteiger charge is -2.24. The third-order valence-corrected chi connectivity index (χ3v) is 12.0. The molecular formula is C43H34ClF10N7O4S. The first-order chi connectivity index (χ1) is 30.7. The zero-order valence-corrected chi connectivity index (χ0v) is 36.1. The van der Waals surface area contributed by atoms with Crippen LogP contribution in [-0.2, 0) is 52.8 Å². The number of alkyl halides is 8. The molecule has 2 amide bonds. The van der Waals surface area contributed by atoms with Crippen LogP contribution in [0.25, 0.3) is 22.0 Å². The molecule has 2 atom stereocenters. The van der Waals surface area contributed by atoms with Crippen molar-refractivity contribution in [1.82, 2.24) is 29.9 Å². The molecule has 3 aromatic heterocycles. The number of nitrogens with one attached hydrogen (secondary N) is 1. The summed E-state index contributed by atoms with van der Waals surface area (Å²) in [7, 11) is -4.70. The smallest absolute Gasteiger partial charge is 0.346 e. The number of aryl methyl sites for hydroxylation is 2. The zero-order chi connectivity index (χ0) is 48.4. The summed E-state index contributed by atoms with van der Waals surface area (Å²) in [6.45, 7) is 3.12. The van der Waals surface area contributed by atoms with E-state index in [0.29, 0.717) is 22.6 Å². The van der Waals surface area contributed by atoms with E-state index in [4.69, 9.17) is 11.6 Å². The lowest BCUT2D eigenvalue weighted by molar-refractivity contribution is -0.143. The van der Waals surface area contributed by atoms with Crippen LogP contribution in [0.15, 0.2) is 79.4 Å². The number of benzene rings is 3. The van der Waals surface area contributed by atoms with E-state index >= 15 is 8.78 Å². The van der Waals surface area contributed by atoms with Gasteiger partial charge in [0, 0.05) is 34.0 Å². The van der Waals surface area contributed by atoms with Crippen molar-refractivity contribution in [2.45, 2.75) is 64.1 Å². The highest BCUT2D eigenvalue weighted by molar-refractivity contribution is 7.92. The summed E-state index contributed by atoms with van der Waals surface area (Å²) >= 11 is 6.65. The second-order valence-corrected chi connectivity index (χ2v) is 17.8. The Bertz CT molecular complexity index is 3040. The van der Waals surface area contributed by atoms with Crippen molar-refractivity contribution < 1.29 is 61.9 Å². The number of hydrogen-bond acceptors (Lipinski definition) is 7. The lowest BCUT2D eigenvalue weighted by Crippen LogP contribution is -2.37. The van der Waals surface area contributed by atoms with Crippen LogP contribution in [0.2, 0.25) is 5.02 Å². The summed E-state index contributed by atoms with van der Waals surface area (Å²) in [5.41, 5.74) is -4.57. The molecule has 1 N–H and O–H groups in total. The lowest BCUT2D eigenvalue weighted by atomic mass is 9.93. The van der Waals surface area contributed by atoms with Crippen molar-refractivity contribution in [3.05, 3.63) is 141 Å². The first-order valence-electron chi connectivity index (χ1n) is 19.5. The molecular weight excluding hydrogens is 936 g/mol. The molecule has 1 aliphatic rings. The van der Waals surface area contributed by atoms with Gasteiger partial charge in [0.05, 0.1) is 39.8 Å². The highest BCUT2D eigenvalue weighted by Crippen LogP contribution is 2.50. The van der Waals surface area contributed by atoms with Crippen molar-refractivity contribution in [3.63, 3.8) is 0 Å². The number of amides is 2. The summed E-state index contributed by atoms with van der Waals surface area (Å²) in [4.78, 5) is 32.6. The number of halogens is 11. The number of fused-ring (bicyclic) bond motifs is 2. The minimum absolute atomic E-state index is 0.129. The van der Waals surface area contributed by atoms with Gasteiger partial charge in [0.15, 0.2) is 11.5 Å². The Hall–Kier alpha value is -6.29. The summed E-state index contributed by atoms with van der Waals surface area (Å²) in [5.74, 6) is -11.1. The normalized spacial score (nSPS) is 15.5. The summed E-state index contributed by atoms with van der Waals surface area (Å²) in [6, 6.07) is 11.5. The Morgan fingerprint density at radius 2 is 1.62 bits per heavy atom. The van der Waals surface area contributed by atoms with E-state index in [1.807, 2.05) is 0 Å². The minimum Gasteiger partial charge on any atom is -0.346 e. The van der Waals surface area contributed by atoms with Crippen molar-refractivity contribution in [2.24, 2.45) is 5.92 Å². The van der Waals surface area contributed by atoms with Crippen molar-refractivity contribution in [3.8, 4) is 11.1 Å². The van der Waals surface area contributed by atoms with Crippen molar-refractivity contribution in [2.75, 3.05) is 10.6 Å². The van der Waals surface area contributed by atoms with Gasteiger partial charge in [0.2, 0.25) is 15.9 Å². The maximum absolute atomic E-state index is 15.6. The van der Waals surface area contributed by atoms with Crippen LogP contribution < -0.4 is 9.62 Å². The molecule has 0 radical (unpaired) electrons. The number of pyridine rings is 1. The van der Waals surface area contributed by atoms with Crippen LogP contribution in [0.1, 0.15) is 55.9 Å². The number of rotatable bonds is 12. The van der Waals surface area contributed by atoms with Gasteiger partial charge >= 0.3 is 12.4 Å². The van der Waals surface area contributed by atoms with E-state index in [1.165, 1.54) is 50.2 Å². The molecule has 0 saturated carbocycles. The summed E-state index contributed by atoms with van der Waals surface area (Å²) < 4.78 is 174. The topological polar surface area (TPSA) is 132 Å². The fourth-order valence-electron chi connectivity index (χ4n) is 8.02. The fraction of sp³-hybridized carbons (Fsp3) is 0.279. The molecule has 0 bridgehead atoms. The van der Waals surface area contributed by atoms with E-state index in [9.17, 15) is 53.1 Å². The van der Waals surface area contributed by atoms with Gasteiger partial charge in [-0.3, -0.25) is 23.9 Å². The van der Waals surface area contributed by atoms with Gasteiger partial charge in [0.25, 0.3) is 11.8 Å². The SMILES string of the molecule is C=C[C@@H]1Cc2c(C(F)(F)F)nn(CC(=O)N[C@@H](Cc3cc(F)cc(F)c3)c3nc(C)ccc3-c3ccc(Cl)c4c(N(C(=O)c5ccccc5C)S(C)(=O)=O)nn(CC(F)(F)F)c34)c2C1(F)F. The third-order valence-electron chi connectivity index (χ3n) is 10.7. The Balaban J connectivity index is 1.43. The van der Waals surface area contributed by atoms with Gasteiger partial charge in [-0.2, -0.15) is 49.6 Å². The Labute approximate surface area is 373 Å².